The zero-order chi connectivity index (χ0) is 42.7. The van der Waals surface area contributed by atoms with E-state index in [1.165, 1.54) is 54.6 Å². The maximum atomic E-state index is 13.6. The summed E-state index contributed by atoms with van der Waals surface area (Å²) >= 11 is 6.15. The molecule has 0 aliphatic rings. The third-order valence-electron chi connectivity index (χ3n) is 8.75. The Morgan fingerprint density at radius 2 is 1.03 bits per heavy atom. The van der Waals surface area contributed by atoms with Crippen LogP contribution in [0.1, 0.15) is 33.5 Å². The number of benzene rings is 5. The average molecular weight is 826 g/mol. The highest BCUT2D eigenvalue weighted by molar-refractivity contribution is 6.34. The minimum atomic E-state index is -4.72. The molecule has 0 atom stereocenters. The number of amidine groups is 2. The van der Waals surface area contributed by atoms with Crippen molar-refractivity contribution in [3.05, 3.63) is 148 Å². The van der Waals surface area contributed by atoms with Gasteiger partial charge >= 0.3 is 12.4 Å². The first kappa shape index (κ1) is 42.3. The highest BCUT2D eigenvalue weighted by atomic mass is 35.5. The number of oxime groups is 2. The number of aromatic hydroxyl groups is 2. The standard InChI is InChI=1S/C21H18F3N3O2.C20H13ClF4N2O2/c1-11-7-16(12(2)26-10-11)19-17(13-3-5-15(28)6-4-13)8-14(21(22,23)24)9-18(19)20(25)27-29;21-17-9-12(22)3-6-14(17)18-15(10-1-4-13(28)5-2-10)7-11(20(23,24)25)8-16(18)19(26)27-29/h3-10,28-29H,1-2H3,(H2,25,27);1-9,28-29H,(H2,26,27). The summed E-state index contributed by atoms with van der Waals surface area (Å²) in [6, 6.07) is 19.8. The predicted octanol–water partition coefficient (Wildman–Crippen LogP) is 10.5. The van der Waals surface area contributed by atoms with Crippen molar-refractivity contribution in [3.63, 3.8) is 0 Å². The number of aromatic nitrogens is 1. The van der Waals surface area contributed by atoms with Crippen molar-refractivity contribution in [2.45, 2.75) is 26.2 Å². The van der Waals surface area contributed by atoms with Crippen molar-refractivity contribution in [1.29, 1.82) is 0 Å². The number of phenols is 2. The van der Waals surface area contributed by atoms with Crippen LogP contribution < -0.4 is 11.5 Å². The largest absolute Gasteiger partial charge is 0.508 e. The summed E-state index contributed by atoms with van der Waals surface area (Å²) in [5.74, 6) is -1.77. The lowest BCUT2D eigenvalue weighted by molar-refractivity contribution is -0.138. The molecule has 8 N–H and O–H groups in total. The summed E-state index contributed by atoms with van der Waals surface area (Å²) in [6.45, 7) is 3.53. The predicted molar refractivity (Wildman–Crippen MR) is 205 cm³/mol. The topological polar surface area (TPSA) is 171 Å². The summed E-state index contributed by atoms with van der Waals surface area (Å²) in [5.41, 5.74) is 12.7. The molecule has 0 amide bonds. The molecule has 0 unspecified atom stereocenters. The zero-order valence-electron chi connectivity index (χ0n) is 30.1. The van der Waals surface area contributed by atoms with Crippen LogP contribution in [0.3, 0.4) is 0 Å². The van der Waals surface area contributed by atoms with Crippen molar-refractivity contribution < 1.29 is 51.4 Å². The minimum absolute atomic E-state index is 0.0210. The van der Waals surface area contributed by atoms with Gasteiger partial charge in [-0.25, -0.2) is 4.39 Å². The van der Waals surface area contributed by atoms with Gasteiger partial charge in [-0.1, -0.05) is 46.2 Å². The van der Waals surface area contributed by atoms with Crippen LogP contribution in [0.5, 0.6) is 11.5 Å². The molecule has 0 spiro atoms. The second kappa shape index (κ2) is 16.7. The van der Waals surface area contributed by atoms with Crippen LogP contribution in [-0.2, 0) is 12.4 Å². The molecule has 6 aromatic rings. The molecule has 6 rings (SSSR count). The van der Waals surface area contributed by atoms with E-state index in [9.17, 15) is 46.2 Å². The van der Waals surface area contributed by atoms with Crippen LogP contribution in [0.4, 0.5) is 30.7 Å². The first-order valence-corrected chi connectivity index (χ1v) is 17.0. The van der Waals surface area contributed by atoms with Crippen molar-refractivity contribution >= 4 is 23.3 Å². The molecular weight excluding hydrogens is 795 g/mol. The number of alkyl halides is 6. The zero-order valence-corrected chi connectivity index (χ0v) is 30.9. The van der Waals surface area contributed by atoms with E-state index in [0.717, 1.165) is 42.0 Å². The lowest BCUT2D eigenvalue weighted by atomic mass is 9.87. The molecule has 0 aliphatic carbocycles. The molecule has 1 heterocycles. The first-order valence-electron chi connectivity index (χ1n) is 16.7. The fourth-order valence-corrected chi connectivity index (χ4v) is 6.29. The highest BCUT2D eigenvalue weighted by Gasteiger charge is 2.35. The monoisotopic (exact) mass is 825 g/mol. The molecule has 0 saturated carbocycles. The van der Waals surface area contributed by atoms with E-state index in [-0.39, 0.29) is 49.9 Å². The maximum Gasteiger partial charge on any atom is 0.416 e. The number of nitrogens with two attached hydrogens (primary N) is 2. The number of hydrogen-bond donors (Lipinski definition) is 6. The van der Waals surface area contributed by atoms with Gasteiger partial charge in [0.1, 0.15) is 17.3 Å². The summed E-state index contributed by atoms with van der Waals surface area (Å²) in [6.07, 6.45) is -7.72. The van der Waals surface area contributed by atoms with Gasteiger partial charge in [-0.05, 0) is 114 Å². The average Bonchev–Trinajstić information content (AvgIpc) is 3.17. The number of pyridine rings is 1. The van der Waals surface area contributed by atoms with Crippen LogP contribution in [0.15, 0.2) is 114 Å². The molecule has 1 aromatic heterocycles. The molecule has 5 aromatic carbocycles. The molecule has 58 heavy (non-hydrogen) atoms. The summed E-state index contributed by atoms with van der Waals surface area (Å²) in [7, 11) is 0. The van der Waals surface area contributed by atoms with E-state index in [1.54, 1.807) is 19.2 Å². The number of nitrogens with zero attached hydrogens (tertiary/aromatic N) is 3. The van der Waals surface area contributed by atoms with Gasteiger partial charge in [-0.3, -0.25) is 4.98 Å². The maximum absolute atomic E-state index is 13.6. The number of aryl methyl sites for hydroxylation is 2. The number of phenolic OH excluding ortho intramolecular Hbond substituents is 2. The van der Waals surface area contributed by atoms with Crippen LogP contribution in [-0.4, -0.2) is 37.3 Å². The van der Waals surface area contributed by atoms with Crippen molar-refractivity contribution in [2.75, 3.05) is 0 Å². The third kappa shape index (κ3) is 9.24. The van der Waals surface area contributed by atoms with Gasteiger partial charge < -0.3 is 32.1 Å². The van der Waals surface area contributed by atoms with Gasteiger partial charge in [0.15, 0.2) is 11.7 Å². The van der Waals surface area contributed by atoms with Gasteiger partial charge in [0.2, 0.25) is 0 Å². The normalized spacial score (nSPS) is 12.2. The van der Waals surface area contributed by atoms with E-state index < -0.39 is 41.0 Å². The smallest absolute Gasteiger partial charge is 0.416 e. The van der Waals surface area contributed by atoms with E-state index in [2.05, 4.69) is 15.3 Å². The van der Waals surface area contributed by atoms with Gasteiger partial charge in [0.05, 0.1) is 16.1 Å². The number of rotatable bonds is 6. The molecule has 17 heteroatoms. The van der Waals surface area contributed by atoms with Crippen LogP contribution in [0.25, 0.3) is 44.5 Å². The highest BCUT2D eigenvalue weighted by Crippen LogP contribution is 2.44. The van der Waals surface area contributed by atoms with Crippen LogP contribution in [0.2, 0.25) is 5.02 Å². The Kier molecular flexibility index (Phi) is 12.2. The Hall–Kier alpha value is -6.81. The van der Waals surface area contributed by atoms with E-state index >= 15 is 0 Å². The van der Waals surface area contributed by atoms with Crippen LogP contribution in [0, 0.1) is 19.7 Å². The second-order valence-corrected chi connectivity index (χ2v) is 13.1. The van der Waals surface area contributed by atoms with Crippen molar-refractivity contribution in [3.8, 4) is 56.0 Å². The van der Waals surface area contributed by atoms with Gasteiger partial charge in [-0.15, -0.1) is 0 Å². The number of halogens is 8. The Balaban J connectivity index is 0.000000221. The molecule has 9 nitrogen and oxygen atoms in total. The van der Waals surface area contributed by atoms with Gasteiger partial charge in [0, 0.05) is 45.3 Å². The third-order valence-corrected chi connectivity index (χ3v) is 9.06. The van der Waals surface area contributed by atoms with E-state index in [4.69, 9.17) is 28.3 Å². The molecule has 0 fully saturated rings. The fourth-order valence-electron chi connectivity index (χ4n) is 6.02. The Morgan fingerprint density at radius 3 is 1.43 bits per heavy atom. The molecular formula is C41H31ClF7N5O4. The summed E-state index contributed by atoms with van der Waals surface area (Å²) in [5, 5.41) is 43.1. The molecule has 300 valence electrons. The molecule has 0 bridgehead atoms. The van der Waals surface area contributed by atoms with E-state index in [0.29, 0.717) is 27.9 Å². The first-order chi connectivity index (χ1) is 27.2. The Morgan fingerprint density at radius 1 is 0.603 bits per heavy atom. The summed E-state index contributed by atoms with van der Waals surface area (Å²) < 4.78 is 94.8. The van der Waals surface area contributed by atoms with E-state index in [1.807, 2.05) is 6.92 Å². The molecule has 0 saturated heterocycles. The number of hydrogen-bond acceptors (Lipinski definition) is 7. The molecule has 0 radical (unpaired) electrons. The molecule has 0 aliphatic heterocycles. The van der Waals surface area contributed by atoms with Crippen LogP contribution >= 0.6 is 11.6 Å². The Labute approximate surface area is 330 Å². The van der Waals surface area contributed by atoms with Crippen molar-refractivity contribution in [2.24, 2.45) is 21.8 Å². The lowest BCUT2D eigenvalue weighted by Crippen LogP contribution is -2.17. The van der Waals surface area contributed by atoms with Gasteiger partial charge in [-0.2, -0.15) is 26.3 Å². The summed E-state index contributed by atoms with van der Waals surface area (Å²) in [4.78, 5) is 4.30. The SMILES string of the molecule is Cc1cnc(C)c(-c2c(C(N)=NO)cc(C(F)(F)F)cc2-c2ccc(O)cc2)c1.NC(=NO)c1cc(C(F)(F)F)cc(-c2ccc(O)cc2)c1-c1ccc(F)cc1Cl. The second-order valence-electron chi connectivity index (χ2n) is 12.7. The minimum Gasteiger partial charge on any atom is -0.508 e. The Bertz CT molecular complexity index is 2540. The van der Waals surface area contributed by atoms with Crippen molar-refractivity contribution in [1.82, 2.24) is 4.98 Å². The fraction of sp³-hybridized carbons (Fsp3) is 0.0976. The quantitative estimate of drug-likeness (QED) is 0.0319. The van der Waals surface area contributed by atoms with Gasteiger partial charge in [0.25, 0.3) is 0 Å². The lowest BCUT2D eigenvalue weighted by Gasteiger charge is -2.20.